The molecule has 0 amide bonds. The number of likely N-dealkylation sites (N-methyl/N-ethyl adjacent to an activating group) is 1. The Balaban J connectivity index is 4.70. The van der Waals surface area contributed by atoms with Crippen LogP contribution in [0.5, 0.6) is 0 Å². The van der Waals surface area contributed by atoms with Gasteiger partial charge in [0, 0.05) is 13.1 Å². The van der Waals surface area contributed by atoms with Gasteiger partial charge >= 0.3 is 17.9 Å². The van der Waals surface area contributed by atoms with Gasteiger partial charge in [0.15, 0.2) is 5.60 Å². The van der Waals surface area contributed by atoms with Crippen molar-refractivity contribution in [3.8, 4) is 0 Å². The van der Waals surface area contributed by atoms with E-state index in [0.717, 1.165) is 0 Å². The molecule has 0 aromatic carbocycles. The molecule has 0 fully saturated rings. The summed E-state index contributed by atoms with van der Waals surface area (Å²) in [4.78, 5) is 35.7. The second-order valence-electron chi connectivity index (χ2n) is 4.87. The summed E-state index contributed by atoms with van der Waals surface area (Å²) < 4.78 is 9.78. The number of aliphatic carboxylic acids is 2. The summed E-state index contributed by atoms with van der Waals surface area (Å²) in [6.45, 7) is -0.335. The zero-order valence-electron chi connectivity index (χ0n) is 12.9. The molecule has 0 aliphatic carbocycles. The lowest BCUT2D eigenvalue weighted by atomic mass is 9.95. The molecular weight excluding hydrogens is 314 g/mol. The van der Waals surface area contributed by atoms with E-state index in [0.29, 0.717) is 13.1 Å². The number of esters is 1. The molecule has 1 atom stereocenters. The zero-order valence-corrected chi connectivity index (χ0v) is 12.9. The highest BCUT2D eigenvalue weighted by atomic mass is 16.6. The van der Waals surface area contributed by atoms with Gasteiger partial charge in [-0.1, -0.05) is 0 Å². The molecule has 0 aromatic rings. The lowest BCUT2D eigenvalue weighted by Gasteiger charge is -2.27. The zero-order chi connectivity index (χ0) is 17.9. The minimum atomic E-state index is -2.29. The maximum Gasteiger partial charge on any atom is 0.337 e. The Bertz CT molecular complexity index is 401. The second kappa shape index (κ2) is 10.9. The number of carbonyl (C=O) groups excluding carboxylic acids is 1. The fraction of sp³-hybridized carbons (Fsp3) is 0.769. The molecule has 10 heteroatoms. The van der Waals surface area contributed by atoms with Crippen LogP contribution in [0.1, 0.15) is 12.8 Å². The highest BCUT2D eigenvalue weighted by Gasteiger charge is 2.44. The van der Waals surface area contributed by atoms with E-state index >= 15 is 0 Å². The standard InChI is InChI=1S/C13H23NO9/c1-14(2-4-15)3-6-22-11(19)9-13(12(20)21,8-10(17)18)23-7-5-16/h15-16H,2-9H2,1H3,(H,17,18)(H,20,21). The van der Waals surface area contributed by atoms with Gasteiger partial charge in [0.2, 0.25) is 0 Å². The third-order valence-electron chi connectivity index (χ3n) is 2.94. The maximum absolute atomic E-state index is 11.8. The number of aliphatic hydroxyl groups excluding tert-OH is 2. The third-order valence-corrected chi connectivity index (χ3v) is 2.94. The van der Waals surface area contributed by atoms with Crippen molar-refractivity contribution in [3.63, 3.8) is 0 Å². The molecule has 134 valence electrons. The van der Waals surface area contributed by atoms with Crippen LogP contribution in [0.2, 0.25) is 0 Å². The minimum Gasteiger partial charge on any atom is -0.481 e. The van der Waals surface area contributed by atoms with E-state index in [1.54, 1.807) is 11.9 Å². The minimum absolute atomic E-state index is 0.0435. The molecule has 0 aliphatic rings. The summed E-state index contributed by atoms with van der Waals surface area (Å²) >= 11 is 0. The van der Waals surface area contributed by atoms with Crippen LogP contribution >= 0.6 is 0 Å². The van der Waals surface area contributed by atoms with Gasteiger partial charge in [-0.15, -0.1) is 0 Å². The second-order valence-corrected chi connectivity index (χ2v) is 4.87. The number of nitrogens with zero attached hydrogens (tertiary/aromatic N) is 1. The molecule has 0 spiro atoms. The van der Waals surface area contributed by atoms with Crippen LogP contribution in [0.4, 0.5) is 0 Å². The van der Waals surface area contributed by atoms with E-state index in [4.69, 9.17) is 24.8 Å². The summed E-state index contributed by atoms with van der Waals surface area (Å²) in [6, 6.07) is 0. The van der Waals surface area contributed by atoms with E-state index in [-0.39, 0.29) is 13.2 Å². The van der Waals surface area contributed by atoms with Gasteiger partial charge in [0.05, 0.1) is 32.7 Å². The quantitative estimate of drug-likeness (QED) is 0.282. The molecule has 0 aromatic heterocycles. The van der Waals surface area contributed by atoms with Crippen molar-refractivity contribution in [2.75, 3.05) is 46.6 Å². The number of carbonyl (C=O) groups is 3. The molecule has 23 heavy (non-hydrogen) atoms. The molecule has 0 radical (unpaired) electrons. The Kier molecular flexibility index (Phi) is 10.1. The summed E-state index contributed by atoms with van der Waals surface area (Å²) in [6.07, 6.45) is -1.74. The summed E-state index contributed by atoms with van der Waals surface area (Å²) in [5.41, 5.74) is -2.29. The largest absolute Gasteiger partial charge is 0.481 e. The van der Waals surface area contributed by atoms with Crippen LogP contribution in [-0.4, -0.2) is 95.4 Å². The van der Waals surface area contributed by atoms with Crippen molar-refractivity contribution in [1.29, 1.82) is 0 Å². The Morgan fingerprint density at radius 2 is 1.65 bits per heavy atom. The molecule has 0 saturated carbocycles. The lowest BCUT2D eigenvalue weighted by Crippen LogP contribution is -2.46. The van der Waals surface area contributed by atoms with Gasteiger partial charge in [-0.3, -0.25) is 9.59 Å². The number of hydrogen-bond donors (Lipinski definition) is 4. The van der Waals surface area contributed by atoms with Gasteiger partial charge < -0.3 is 34.8 Å². The molecular formula is C13H23NO9. The van der Waals surface area contributed by atoms with Gasteiger partial charge in [-0.05, 0) is 7.05 Å². The molecule has 0 saturated heterocycles. The van der Waals surface area contributed by atoms with Crippen molar-refractivity contribution in [2.24, 2.45) is 0 Å². The molecule has 0 rings (SSSR count). The van der Waals surface area contributed by atoms with Crippen molar-refractivity contribution in [2.45, 2.75) is 18.4 Å². The van der Waals surface area contributed by atoms with E-state index < -0.39 is 49.6 Å². The van der Waals surface area contributed by atoms with E-state index in [1.165, 1.54) is 0 Å². The first-order chi connectivity index (χ1) is 10.8. The number of rotatable bonds is 13. The number of carboxylic acid groups (broad SMARTS) is 2. The van der Waals surface area contributed by atoms with Crippen molar-refractivity contribution < 1.29 is 44.3 Å². The summed E-state index contributed by atoms with van der Waals surface area (Å²) in [5.74, 6) is -4.01. The van der Waals surface area contributed by atoms with Gasteiger partial charge in [-0.2, -0.15) is 0 Å². The van der Waals surface area contributed by atoms with Gasteiger partial charge in [0.1, 0.15) is 6.61 Å². The van der Waals surface area contributed by atoms with E-state index in [2.05, 4.69) is 0 Å². The van der Waals surface area contributed by atoms with Crippen LogP contribution in [-0.2, 0) is 23.9 Å². The fourth-order valence-electron chi connectivity index (χ4n) is 1.74. The Morgan fingerprint density at radius 3 is 2.13 bits per heavy atom. The van der Waals surface area contributed by atoms with Crippen LogP contribution in [0.3, 0.4) is 0 Å². The molecule has 0 aliphatic heterocycles. The maximum atomic E-state index is 11.8. The average Bonchev–Trinajstić information content (AvgIpc) is 2.44. The highest BCUT2D eigenvalue weighted by Crippen LogP contribution is 2.22. The van der Waals surface area contributed by atoms with Crippen molar-refractivity contribution >= 4 is 17.9 Å². The molecule has 1 unspecified atom stereocenters. The Hall–Kier alpha value is -1.75. The fourth-order valence-corrected chi connectivity index (χ4v) is 1.74. The monoisotopic (exact) mass is 337 g/mol. The predicted octanol–water partition coefficient (Wildman–Crippen LogP) is -1.85. The number of carboxylic acids is 2. The summed E-state index contributed by atoms with van der Waals surface area (Å²) in [5, 5.41) is 35.5. The van der Waals surface area contributed by atoms with E-state index in [1.807, 2.05) is 0 Å². The van der Waals surface area contributed by atoms with Crippen molar-refractivity contribution in [1.82, 2.24) is 4.90 Å². The number of ether oxygens (including phenoxy) is 2. The van der Waals surface area contributed by atoms with Crippen LogP contribution in [0.15, 0.2) is 0 Å². The first-order valence-corrected chi connectivity index (χ1v) is 6.92. The number of hydrogen-bond acceptors (Lipinski definition) is 8. The van der Waals surface area contributed by atoms with Gasteiger partial charge in [0.25, 0.3) is 0 Å². The molecule has 10 nitrogen and oxygen atoms in total. The lowest BCUT2D eigenvalue weighted by molar-refractivity contribution is -0.181. The summed E-state index contributed by atoms with van der Waals surface area (Å²) in [7, 11) is 1.69. The van der Waals surface area contributed by atoms with Crippen LogP contribution in [0, 0.1) is 0 Å². The smallest absolute Gasteiger partial charge is 0.337 e. The Morgan fingerprint density at radius 1 is 1.00 bits per heavy atom. The average molecular weight is 337 g/mol. The van der Waals surface area contributed by atoms with E-state index in [9.17, 15) is 19.5 Å². The normalized spacial score (nSPS) is 13.6. The molecule has 4 N–H and O–H groups in total. The topological polar surface area (TPSA) is 154 Å². The van der Waals surface area contributed by atoms with Crippen LogP contribution < -0.4 is 0 Å². The Labute approximate surface area is 133 Å². The molecule has 0 bridgehead atoms. The van der Waals surface area contributed by atoms with Crippen molar-refractivity contribution in [3.05, 3.63) is 0 Å². The first-order valence-electron chi connectivity index (χ1n) is 6.92. The third kappa shape index (κ3) is 8.45. The first kappa shape index (κ1) is 21.2. The van der Waals surface area contributed by atoms with Crippen LogP contribution in [0.25, 0.3) is 0 Å². The highest BCUT2D eigenvalue weighted by molar-refractivity contribution is 5.88. The predicted molar refractivity (Wildman–Crippen MR) is 75.8 cm³/mol. The number of aliphatic hydroxyl groups is 2. The SMILES string of the molecule is CN(CCO)CCOC(=O)CC(CC(=O)O)(OCCO)C(=O)O. The van der Waals surface area contributed by atoms with Gasteiger partial charge in [-0.25, -0.2) is 4.79 Å². The molecule has 0 heterocycles.